The Bertz CT molecular complexity index is 1370. The minimum Gasteiger partial charge on any atom is -0.493 e. The first-order chi connectivity index (χ1) is 15.1. The normalized spacial score (nSPS) is 12.3. The molecule has 3 aromatic carbocycles. The van der Waals surface area contributed by atoms with Crippen LogP contribution >= 0.6 is 0 Å². The van der Waals surface area contributed by atoms with Crippen molar-refractivity contribution in [2.75, 3.05) is 19.0 Å². The summed E-state index contributed by atoms with van der Waals surface area (Å²) in [6, 6.07) is 20.3. The smallest absolute Gasteiger partial charge is 0.349 e. The Morgan fingerprint density at radius 2 is 1.84 bits per heavy atom. The van der Waals surface area contributed by atoms with Crippen LogP contribution in [0.1, 0.15) is 15.9 Å². The minimum absolute atomic E-state index is 0.0687. The van der Waals surface area contributed by atoms with Gasteiger partial charge in [0.05, 0.1) is 13.7 Å². The lowest BCUT2D eigenvalue weighted by Gasteiger charge is -2.09. The molecule has 31 heavy (non-hydrogen) atoms. The molecule has 1 amide bonds. The van der Waals surface area contributed by atoms with Gasteiger partial charge >= 0.3 is 5.63 Å². The number of hydrogen-bond acceptors (Lipinski definition) is 5. The molecule has 1 aliphatic heterocycles. The number of benzene rings is 3. The van der Waals surface area contributed by atoms with E-state index in [0.717, 1.165) is 23.3 Å². The van der Waals surface area contributed by atoms with E-state index in [1.165, 1.54) is 18.7 Å². The number of amides is 1. The van der Waals surface area contributed by atoms with Gasteiger partial charge in [-0.15, -0.1) is 0 Å². The molecule has 0 fully saturated rings. The first kappa shape index (κ1) is 18.9. The molecule has 0 unspecified atom stereocenters. The maximum Gasteiger partial charge on any atom is 0.349 e. The van der Waals surface area contributed by atoms with Crippen LogP contribution in [0, 0.1) is 0 Å². The van der Waals surface area contributed by atoms with Crippen LogP contribution in [0.4, 0.5) is 5.69 Å². The summed E-state index contributed by atoms with van der Waals surface area (Å²) in [4.78, 5) is 25.3. The summed E-state index contributed by atoms with van der Waals surface area (Å²) >= 11 is 0. The fourth-order valence-electron chi connectivity index (χ4n) is 3.78. The lowest BCUT2D eigenvalue weighted by Crippen LogP contribution is -2.20. The Morgan fingerprint density at radius 1 is 1.00 bits per heavy atom. The van der Waals surface area contributed by atoms with E-state index in [1.54, 1.807) is 24.3 Å². The van der Waals surface area contributed by atoms with Crippen LogP contribution < -0.4 is 20.4 Å². The lowest BCUT2D eigenvalue weighted by atomic mass is 10.0. The first-order valence-corrected chi connectivity index (χ1v) is 9.91. The van der Waals surface area contributed by atoms with Gasteiger partial charge in [0.2, 0.25) is 0 Å². The maximum atomic E-state index is 12.8. The van der Waals surface area contributed by atoms with E-state index in [0.29, 0.717) is 29.0 Å². The van der Waals surface area contributed by atoms with Crippen LogP contribution in [0.15, 0.2) is 75.9 Å². The van der Waals surface area contributed by atoms with E-state index in [-0.39, 0.29) is 5.56 Å². The third kappa shape index (κ3) is 3.53. The Kier molecular flexibility index (Phi) is 4.67. The Morgan fingerprint density at radius 3 is 2.71 bits per heavy atom. The summed E-state index contributed by atoms with van der Waals surface area (Å²) in [5.74, 6) is 0.833. The molecule has 6 nitrogen and oxygen atoms in total. The van der Waals surface area contributed by atoms with Crippen molar-refractivity contribution in [3.63, 3.8) is 0 Å². The molecule has 1 N–H and O–H groups in total. The van der Waals surface area contributed by atoms with Crippen LogP contribution in [-0.4, -0.2) is 19.6 Å². The zero-order valence-corrected chi connectivity index (χ0v) is 16.8. The van der Waals surface area contributed by atoms with Gasteiger partial charge in [0, 0.05) is 17.5 Å². The predicted octanol–water partition coefficient (Wildman–Crippen LogP) is 4.66. The second-order valence-electron chi connectivity index (χ2n) is 7.28. The highest BCUT2D eigenvalue weighted by atomic mass is 16.5. The standard InChI is InChI=1S/C25H19NO5/c1-29-22-7-3-5-18-14-20(25(28)31-23(18)22)24(27)26-19-6-2-4-15(13-19)16-8-9-21-17(12-16)10-11-30-21/h2-9,12-14H,10-11H2,1H3,(H,26,27). The summed E-state index contributed by atoms with van der Waals surface area (Å²) in [5.41, 5.74) is 3.29. The van der Waals surface area contributed by atoms with Crippen LogP contribution in [0.5, 0.6) is 11.5 Å². The van der Waals surface area contributed by atoms with Gasteiger partial charge in [-0.1, -0.05) is 30.3 Å². The number of methoxy groups -OCH3 is 1. The number of para-hydroxylation sites is 1. The summed E-state index contributed by atoms with van der Waals surface area (Å²) < 4.78 is 16.1. The van der Waals surface area contributed by atoms with Crippen LogP contribution in [0.25, 0.3) is 22.1 Å². The van der Waals surface area contributed by atoms with Gasteiger partial charge in [-0.25, -0.2) is 4.79 Å². The van der Waals surface area contributed by atoms with Gasteiger partial charge in [-0.2, -0.15) is 0 Å². The summed E-state index contributed by atoms with van der Waals surface area (Å²) in [7, 11) is 1.50. The maximum absolute atomic E-state index is 12.8. The van der Waals surface area contributed by atoms with E-state index < -0.39 is 11.5 Å². The number of fused-ring (bicyclic) bond motifs is 2. The average Bonchev–Trinajstić information content (AvgIpc) is 3.26. The molecule has 6 heteroatoms. The van der Waals surface area contributed by atoms with Crippen LogP contribution in [0.2, 0.25) is 0 Å². The van der Waals surface area contributed by atoms with Crippen molar-refractivity contribution in [3.05, 3.63) is 88.3 Å². The molecular weight excluding hydrogens is 394 g/mol. The molecular formula is C25H19NO5. The van der Waals surface area contributed by atoms with E-state index in [4.69, 9.17) is 13.9 Å². The highest BCUT2D eigenvalue weighted by molar-refractivity contribution is 6.05. The molecule has 0 aliphatic carbocycles. The van der Waals surface area contributed by atoms with Gasteiger partial charge in [0.15, 0.2) is 11.3 Å². The van der Waals surface area contributed by atoms with Crippen molar-refractivity contribution in [1.29, 1.82) is 0 Å². The molecule has 1 aliphatic rings. The molecule has 5 rings (SSSR count). The number of carbonyl (C=O) groups excluding carboxylic acids is 1. The van der Waals surface area contributed by atoms with E-state index in [1.807, 2.05) is 30.3 Å². The van der Waals surface area contributed by atoms with Gasteiger partial charge in [-0.3, -0.25) is 4.79 Å². The zero-order valence-electron chi connectivity index (χ0n) is 16.8. The number of rotatable bonds is 4. The van der Waals surface area contributed by atoms with Crippen LogP contribution in [0.3, 0.4) is 0 Å². The second-order valence-corrected chi connectivity index (χ2v) is 7.28. The highest BCUT2D eigenvalue weighted by Gasteiger charge is 2.17. The van der Waals surface area contributed by atoms with E-state index in [9.17, 15) is 9.59 Å². The highest BCUT2D eigenvalue weighted by Crippen LogP contribution is 2.31. The van der Waals surface area contributed by atoms with Crippen molar-refractivity contribution >= 4 is 22.6 Å². The SMILES string of the molecule is COc1cccc2cc(C(=O)Nc3cccc(-c4ccc5c(c4)CCO5)c3)c(=O)oc12. The summed E-state index contributed by atoms with van der Waals surface area (Å²) in [6.07, 6.45) is 0.891. The topological polar surface area (TPSA) is 77.8 Å². The zero-order chi connectivity index (χ0) is 21.4. The molecule has 0 radical (unpaired) electrons. The summed E-state index contributed by atoms with van der Waals surface area (Å²) in [5, 5.41) is 3.41. The molecule has 0 atom stereocenters. The number of carbonyl (C=O) groups is 1. The summed E-state index contributed by atoms with van der Waals surface area (Å²) in [6.45, 7) is 0.703. The number of ether oxygens (including phenoxy) is 2. The molecule has 0 spiro atoms. The largest absolute Gasteiger partial charge is 0.493 e. The molecule has 4 aromatic rings. The molecule has 154 valence electrons. The number of nitrogens with one attached hydrogen (secondary N) is 1. The van der Waals surface area contributed by atoms with Crippen molar-refractivity contribution in [2.24, 2.45) is 0 Å². The monoisotopic (exact) mass is 413 g/mol. The molecule has 0 saturated carbocycles. The Hall–Kier alpha value is -4.06. The van der Waals surface area contributed by atoms with Gasteiger partial charge in [0.25, 0.3) is 5.91 Å². The quantitative estimate of drug-likeness (QED) is 0.493. The van der Waals surface area contributed by atoms with Crippen molar-refractivity contribution in [3.8, 4) is 22.6 Å². The third-order valence-electron chi connectivity index (χ3n) is 5.33. The lowest BCUT2D eigenvalue weighted by molar-refractivity contribution is 0.102. The predicted molar refractivity (Wildman–Crippen MR) is 118 cm³/mol. The van der Waals surface area contributed by atoms with Crippen LogP contribution in [-0.2, 0) is 6.42 Å². The van der Waals surface area contributed by atoms with Crippen molar-refractivity contribution < 1.29 is 18.7 Å². The molecule has 0 bridgehead atoms. The molecule has 1 aromatic heterocycles. The Labute approximate surface area is 178 Å². The number of anilines is 1. The third-order valence-corrected chi connectivity index (χ3v) is 5.33. The van der Waals surface area contributed by atoms with Gasteiger partial charge < -0.3 is 19.2 Å². The van der Waals surface area contributed by atoms with E-state index in [2.05, 4.69) is 11.4 Å². The molecule has 0 saturated heterocycles. The fourth-order valence-corrected chi connectivity index (χ4v) is 3.78. The fraction of sp³-hybridized carbons (Fsp3) is 0.120. The first-order valence-electron chi connectivity index (χ1n) is 9.91. The number of hydrogen-bond donors (Lipinski definition) is 1. The van der Waals surface area contributed by atoms with Crippen molar-refractivity contribution in [2.45, 2.75) is 6.42 Å². The van der Waals surface area contributed by atoms with Crippen molar-refractivity contribution in [1.82, 2.24) is 0 Å². The second kappa shape index (κ2) is 7.65. The average molecular weight is 413 g/mol. The van der Waals surface area contributed by atoms with Gasteiger partial charge in [-0.05, 0) is 53.1 Å². The minimum atomic E-state index is -0.718. The Balaban J connectivity index is 1.44. The molecule has 2 heterocycles. The van der Waals surface area contributed by atoms with Gasteiger partial charge in [0.1, 0.15) is 11.3 Å². The van der Waals surface area contributed by atoms with E-state index >= 15 is 0 Å².